The summed E-state index contributed by atoms with van der Waals surface area (Å²) in [4.78, 5) is 0. The van der Waals surface area contributed by atoms with Crippen molar-refractivity contribution < 1.29 is 9.50 Å². The molecule has 0 spiro atoms. The first-order valence-corrected chi connectivity index (χ1v) is 4.94. The molecule has 13 heavy (non-hydrogen) atoms. The van der Waals surface area contributed by atoms with Crippen molar-refractivity contribution >= 4 is 15.9 Å². The van der Waals surface area contributed by atoms with Gasteiger partial charge in [-0.15, -0.1) is 0 Å². The van der Waals surface area contributed by atoms with Crippen molar-refractivity contribution in [3.63, 3.8) is 0 Å². The summed E-state index contributed by atoms with van der Waals surface area (Å²) in [5, 5.41) is 9.61. The molecule has 1 aromatic rings. The van der Waals surface area contributed by atoms with Gasteiger partial charge in [-0.25, -0.2) is 4.39 Å². The van der Waals surface area contributed by atoms with E-state index in [0.717, 1.165) is 0 Å². The predicted octanol–water partition coefficient (Wildman–Crippen LogP) is 3.28. The number of halogens is 2. The topological polar surface area (TPSA) is 20.2 Å². The van der Waals surface area contributed by atoms with Crippen LogP contribution in [0.5, 0.6) is 0 Å². The van der Waals surface area contributed by atoms with Crippen LogP contribution in [0.4, 0.5) is 4.39 Å². The molecule has 0 aliphatic rings. The minimum Gasteiger partial charge on any atom is -0.388 e. The van der Waals surface area contributed by atoms with Gasteiger partial charge < -0.3 is 5.11 Å². The molecule has 72 valence electrons. The summed E-state index contributed by atoms with van der Waals surface area (Å²) >= 11 is 3.16. The van der Waals surface area contributed by atoms with Gasteiger partial charge in [-0.2, -0.15) is 0 Å². The molecule has 0 heterocycles. The molecule has 0 aromatic heterocycles. The van der Waals surface area contributed by atoms with Crippen LogP contribution < -0.4 is 0 Å². The average Bonchev–Trinajstić information content (AvgIpc) is 2.03. The Bertz CT molecular complexity index is 299. The number of benzene rings is 1. The number of hydrogen-bond acceptors (Lipinski definition) is 1. The molecule has 3 heteroatoms. The standard InChI is InChI=1S/C10H12BrFO/c1-6(2)10(13)8-4-3-7(11)5-9(8)12/h3-6,10,13H,1-2H3/t10-/m1/s1. The molecule has 1 atom stereocenters. The molecule has 0 aliphatic heterocycles. The van der Waals surface area contributed by atoms with E-state index in [2.05, 4.69) is 15.9 Å². The van der Waals surface area contributed by atoms with Crippen LogP contribution in [0.2, 0.25) is 0 Å². The Hall–Kier alpha value is -0.410. The van der Waals surface area contributed by atoms with Crippen LogP contribution in [0.1, 0.15) is 25.5 Å². The molecular formula is C10H12BrFO. The van der Waals surface area contributed by atoms with E-state index < -0.39 is 6.10 Å². The van der Waals surface area contributed by atoms with Crippen LogP contribution in [0.3, 0.4) is 0 Å². The molecule has 0 fully saturated rings. The Kier molecular flexibility index (Phi) is 3.45. The average molecular weight is 247 g/mol. The number of aliphatic hydroxyl groups excluding tert-OH is 1. The van der Waals surface area contributed by atoms with Crippen molar-refractivity contribution in [3.05, 3.63) is 34.1 Å². The Balaban J connectivity index is 3.01. The lowest BCUT2D eigenvalue weighted by Gasteiger charge is -2.15. The van der Waals surface area contributed by atoms with E-state index in [-0.39, 0.29) is 11.7 Å². The molecule has 0 bridgehead atoms. The monoisotopic (exact) mass is 246 g/mol. The van der Waals surface area contributed by atoms with Crippen LogP contribution in [-0.2, 0) is 0 Å². The highest BCUT2D eigenvalue weighted by Crippen LogP contribution is 2.25. The quantitative estimate of drug-likeness (QED) is 0.850. The maximum atomic E-state index is 13.3. The predicted molar refractivity (Wildman–Crippen MR) is 53.9 cm³/mol. The largest absolute Gasteiger partial charge is 0.388 e. The molecule has 1 aromatic carbocycles. The Morgan fingerprint density at radius 3 is 2.46 bits per heavy atom. The molecule has 0 radical (unpaired) electrons. The smallest absolute Gasteiger partial charge is 0.130 e. The summed E-state index contributed by atoms with van der Waals surface area (Å²) in [5.74, 6) is -0.341. The van der Waals surface area contributed by atoms with Gasteiger partial charge in [0.05, 0.1) is 6.10 Å². The zero-order valence-corrected chi connectivity index (χ0v) is 9.18. The van der Waals surface area contributed by atoms with Gasteiger partial charge in [0.2, 0.25) is 0 Å². The fourth-order valence-electron chi connectivity index (χ4n) is 1.10. The minimum absolute atomic E-state index is 0.0238. The molecule has 0 saturated carbocycles. The molecule has 0 unspecified atom stereocenters. The lowest BCUT2D eigenvalue weighted by atomic mass is 9.99. The van der Waals surface area contributed by atoms with Gasteiger partial charge in [0.15, 0.2) is 0 Å². The van der Waals surface area contributed by atoms with Crippen molar-refractivity contribution in [2.75, 3.05) is 0 Å². The molecule has 0 aliphatic carbocycles. The van der Waals surface area contributed by atoms with Gasteiger partial charge in [-0.3, -0.25) is 0 Å². The van der Waals surface area contributed by atoms with Gasteiger partial charge in [0.1, 0.15) is 5.82 Å². The van der Waals surface area contributed by atoms with Crippen LogP contribution in [0.15, 0.2) is 22.7 Å². The van der Waals surface area contributed by atoms with Crippen LogP contribution in [0, 0.1) is 11.7 Å². The van der Waals surface area contributed by atoms with Crippen molar-refractivity contribution in [2.24, 2.45) is 5.92 Å². The number of rotatable bonds is 2. The third-order valence-corrected chi connectivity index (χ3v) is 2.41. The second-order valence-corrected chi connectivity index (χ2v) is 4.27. The normalized spacial score (nSPS) is 13.4. The van der Waals surface area contributed by atoms with Crippen LogP contribution >= 0.6 is 15.9 Å². The molecule has 1 rings (SSSR count). The van der Waals surface area contributed by atoms with E-state index in [1.165, 1.54) is 6.07 Å². The van der Waals surface area contributed by atoms with Crippen molar-refractivity contribution in [1.29, 1.82) is 0 Å². The Labute approximate surface area is 85.7 Å². The Morgan fingerprint density at radius 2 is 2.00 bits per heavy atom. The fraction of sp³-hybridized carbons (Fsp3) is 0.400. The summed E-state index contributed by atoms with van der Waals surface area (Å²) in [6.45, 7) is 3.71. The zero-order valence-electron chi connectivity index (χ0n) is 7.59. The van der Waals surface area contributed by atoms with Crippen molar-refractivity contribution in [2.45, 2.75) is 20.0 Å². The van der Waals surface area contributed by atoms with Gasteiger partial charge >= 0.3 is 0 Å². The minimum atomic E-state index is -0.729. The number of aliphatic hydroxyl groups is 1. The highest BCUT2D eigenvalue weighted by molar-refractivity contribution is 9.10. The SMILES string of the molecule is CC(C)[C@@H](O)c1ccc(Br)cc1F. The highest BCUT2D eigenvalue weighted by atomic mass is 79.9. The maximum absolute atomic E-state index is 13.3. The second-order valence-electron chi connectivity index (χ2n) is 3.35. The van der Waals surface area contributed by atoms with Gasteiger partial charge in [-0.1, -0.05) is 35.8 Å². The zero-order chi connectivity index (χ0) is 10.0. The van der Waals surface area contributed by atoms with Gasteiger partial charge in [0, 0.05) is 10.0 Å². The van der Waals surface area contributed by atoms with E-state index in [1.54, 1.807) is 12.1 Å². The summed E-state index contributed by atoms with van der Waals surface area (Å²) in [5.41, 5.74) is 0.359. The molecular weight excluding hydrogens is 235 g/mol. The first kappa shape index (κ1) is 10.7. The van der Waals surface area contributed by atoms with Crippen molar-refractivity contribution in [1.82, 2.24) is 0 Å². The van der Waals surface area contributed by atoms with Crippen LogP contribution in [-0.4, -0.2) is 5.11 Å². The molecule has 0 amide bonds. The molecule has 1 N–H and O–H groups in total. The van der Waals surface area contributed by atoms with Crippen LogP contribution in [0.25, 0.3) is 0 Å². The molecule has 1 nitrogen and oxygen atoms in total. The Morgan fingerprint density at radius 1 is 1.38 bits per heavy atom. The van der Waals surface area contributed by atoms with Gasteiger partial charge in [-0.05, 0) is 18.1 Å². The van der Waals surface area contributed by atoms with E-state index in [1.807, 2.05) is 13.8 Å². The van der Waals surface area contributed by atoms with E-state index in [4.69, 9.17) is 0 Å². The summed E-state index contributed by atoms with van der Waals surface area (Å²) in [6, 6.07) is 4.69. The third kappa shape index (κ3) is 2.51. The summed E-state index contributed by atoms with van der Waals surface area (Å²) in [7, 11) is 0. The number of hydrogen-bond donors (Lipinski definition) is 1. The summed E-state index contributed by atoms with van der Waals surface area (Å²) in [6.07, 6.45) is -0.729. The van der Waals surface area contributed by atoms with Gasteiger partial charge in [0.25, 0.3) is 0 Å². The van der Waals surface area contributed by atoms with E-state index >= 15 is 0 Å². The maximum Gasteiger partial charge on any atom is 0.130 e. The lowest BCUT2D eigenvalue weighted by Crippen LogP contribution is -2.07. The van der Waals surface area contributed by atoms with E-state index in [0.29, 0.717) is 10.0 Å². The van der Waals surface area contributed by atoms with E-state index in [9.17, 15) is 9.50 Å². The van der Waals surface area contributed by atoms with Crippen molar-refractivity contribution in [3.8, 4) is 0 Å². The first-order valence-electron chi connectivity index (χ1n) is 4.15. The fourth-order valence-corrected chi connectivity index (χ4v) is 1.43. The third-order valence-electron chi connectivity index (χ3n) is 1.91. The first-order chi connectivity index (χ1) is 6.02. The second kappa shape index (κ2) is 4.20. The molecule has 0 saturated heterocycles. The highest BCUT2D eigenvalue weighted by Gasteiger charge is 2.15. The summed E-state index contributed by atoms with van der Waals surface area (Å²) < 4.78 is 14.0. The lowest BCUT2D eigenvalue weighted by molar-refractivity contribution is 0.123.